The van der Waals surface area contributed by atoms with Crippen molar-refractivity contribution in [2.45, 2.75) is 6.92 Å². The highest BCUT2D eigenvalue weighted by Gasteiger charge is 2.08. The molecule has 0 bridgehead atoms. The number of halogens is 1. The van der Waals surface area contributed by atoms with E-state index in [1.165, 1.54) is 0 Å². The molecule has 0 fully saturated rings. The highest BCUT2D eigenvalue weighted by atomic mass is 35.5. The number of hydrogen-bond acceptors (Lipinski definition) is 2. The molecule has 0 radical (unpaired) electrons. The second-order valence-electron chi connectivity index (χ2n) is 2.80. The van der Waals surface area contributed by atoms with Crippen molar-refractivity contribution < 1.29 is 4.79 Å². The third-order valence-corrected chi connectivity index (χ3v) is 2.15. The molecule has 1 aromatic rings. The first-order valence-corrected chi connectivity index (χ1v) is 4.82. The van der Waals surface area contributed by atoms with Crippen molar-refractivity contribution >= 4 is 23.2 Å². The van der Waals surface area contributed by atoms with Crippen LogP contribution in [-0.2, 0) is 0 Å². The van der Waals surface area contributed by atoms with Gasteiger partial charge < -0.3 is 10.6 Å². The fourth-order valence-corrected chi connectivity index (χ4v) is 1.38. The average Bonchev–Trinajstić information content (AvgIpc) is 2.17. The molecule has 0 spiro atoms. The van der Waals surface area contributed by atoms with Gasteiger partial charge in [0.2, 0.25) is 0 Å². The van der Waals surface area contributed by atoms with Gasteiger partial charge in [-0.2, -0.15) is 0 Å². The molecule has 0 unspecified atom stereocenters. The van der Waals surface area contributed by atoms with E-state index in [1.807, 2.05) is 13.0 Å². The maximum absolute atomic E-state index is 11.4. The summed E-state index contributed by atoms with van der Waals surface area (Å²) >= 11 is 5.94. The van der Waals surface area contributed by atoms with Crippen molar-refractivity contribution in [2.24, 2.45) is 0 Å². The van der Waals surface area contributed by atoms with Crippen molar-refractivity contribution in [1.29, 1.82) is 0 Å². The molecule has 0 aliphatic carbocycles. The molecule has 3 nitrogen and oxygen atoms in total. The van der Waals surface area contributed by atoms with Crippen LogP contribution in [0.25, 0.3) is 0 Å². The van der Waals surface area contributed by atoms with Crippen LogP contribution in [0, 0.1) is 0 Å². The van der Waals surface area contributed by atoms with Gasteiger partial charge in [0.25, 0.3) is 5.91 Å². The molecule has 1 amide bonds. The SMILES string of the molecule is CCNC(=O)c1ccc(NC)cc1Cl. The van der Waals surface area contributed by atoms with Crippen LogP contribution in [0.2, 0.25) is 5.02 Å². The molecule has 0 saturated carbocycles. The van der Waals surface area contributed by atoms with Crippen LogP contribution in [0.5, 0.6) is 0 Å². The lowest BCUT2D eigenvalue weighted by atomic mass is 10.2. The zero-order valence-electron chi connectivity index (χ0n) is 8.23. The van der Waals surface area contributed by atoms with E-state index < -0.39 is 0 Å². The van der Waals surface area contributed by atoms with Crippen LogP contribution >= 0.6 is 11.6 Å². The molecule has 0 aliphatic heterocycles. The molecule has 0 heterocycles. The number of hydrogen-bond donors (Lipinski definition) is 2. The third-order valence-electron chi connectivity index (χ3n) is 1.84. The maximum Gasteiger partial charge on any atom is 0.252 e. The molecule has 0 saturated heterocycles. The average molecular weight is 213 g/mol. The summed E-state index contributed by atoms with van der Waals surface area (Å²) in [7, 11) is 1.80. The minimum Gasteiger partial charge on any atom is -0.388 e. The van der Waals surface area contributed by atoms with Gasteiger partial charge in [-0.15, -0.1) is 0 Å². The summed E-state index contributed by atoms with van der Waals surface area (Å²) in [6, 6.07) is 5.25. The Balaban J connectivity index is 2.94. The molecule has 0 aliphatic rings. The van der Waals surface area contributed by atoms with Crippen LogP contribution in [0.4, 0.5) is 5.69 Å². The van der Waals surface area contributed by atoms with Gasteiger partial charge in [0.1, 0.15) is 0 Å². The van der Waals surface area contributed by atoms with Gasteiger partial charge in [-0.3, -0.25) is 4.79 Å². The number of amides is 1. The Kier molecular flexibility index (Phi) is 3.77. The highest BCUT2D eigenvalue weighted by Crippen LogP contribution is 2.20. The monoisotopic (exact) mass is 212 g/mol. The minimum absolute atomic E-state index is 0.139. The Morgan fingerprint density at radius 3 is 2.71 bits per heavy atom. The molecule has 76 valence electrons. The largest absolute Gasteiger partial charge is 0.388 e. The summed E-state index contributed by atoms with van der Waals surface area (Å²) in [5, 5.41) is 6.11. The third kappa shape index (κ3) is 2.39. The number of carbonyl (C=O) groups is 1. The quantitative estimate of drug-likeness (QED) is 0.806. The van der Waals surface area contributed by atoms with Gasteiger partial charge >= 0.3 is 0 Å². The van der Waals surface area contributed by atoms with Crippen molar-refractivity contribution in [3.63, 3.8) is 0 Å². The molecule has 14 heavy (non-hydrogen) atoms. The van der Waals surface area contributed by atoms with E-state index in [9.17, 15) is 4.79 Å². The first kappa shape index (κ1) is 10.9. The molecule has 4 heteroatoms. The zero-order chi connectivity index (χ0) is 10.6. The standard InChI is InChI=1S/C10H13ClN2O/c1-3-13-10(14)8-5-4-7(12-2)6-9(8)11/h4-6,12H,3H2,1-2H3,(H,13,14). The van der Waals surface area contributed by atoms with Gasteiger partial charge in [-0.05, 0) is 25.1 Å². The Morgan fingerprint density at radius 1 is 1.50 bits per heavy atom. The first-order valence-electron chi connectivity index (χ1n) is 4.44. The van der Waals surface area contributed by atoms with Crippen molar-refractivity contribution in [3.8, 4) is 0 Å². The second-order valence-corrected chi connectivity index (χ2v) is 3.21. The van der Waals surface area contributed by atoms with Crippen LogP contribution < -0.4 is 10.6 Å². The zero-order valence-corrected chi connectivity index (χ0v) is 8.98. The molecule has 1 rings (SSSR count). The summed E-state index contributed by atoms with van der Waals surface area (Å²) in [6.07, 6.45) is 0. The first-order chi connectivity index (χ1) is 6.69. The van der Waals surface area contributed by atoms with Crippen LogP contribution in [-0.4, -0.2) is 19.5 Å². The summed E-state index contributed by atoms with van der Waals surface area (Å²) in [5.74, 6) is -0.139. The number of benzene rings is 1. The van der Waals surface area contributed by atoms with E-state index >= 15 is 0 Å². The van der Waals surface area contributed by atoms with Crippen LogP contribution in [0.3, 0.4) is 0 Å². The molecular formula is C10H13ClN2O. The van der Waals surface area contributed by atoms with Crippen molar-refractivity contribution in [1.82, 2.24) is 5.32 Å². The summed E-state index contributed by atoms with van der Waals surface area (Å²) in [5.41, 5.74) is 1.40. The summed E-state index contributed by atoms with van der Waals surface area (Å²) in [6.45, 7) is 2.47. The van der Waals surface area contributed by atoms with E-state index in [4.69, 9.17) is 11.6 Å². The van der Waals surface area contributed by atoms with Crippen molar-refractivity contribution in [2.75, 3.05) is 18.9 Å². The van der Waals surface area contributed by atoms with Gasteiger partial charge in [-0.25, -0.2) is 0 Å². The van der Waals surface area contributed by atoms with Gasteiger partial charge in [0, 0.05) is 19.3 Å². The minimum atomic E-state index is -0.139. The van der Waals surface area contributed by atoms with Crippen molar-refractivity contribution in [3.05, 3.63) is 28.8 Å². The maximum atomic E-state index is 11.4. The number of rotatable bonds is 3. The highest BCUT2D eigenvalue weighted by molar-refractivity contribution is 6.34. The van der Waals surface area contributed by atoms with Crippen LogP contribution in [0.15, 0.2) is 18.2 Å². The predicted octanol–water partition coefficient (Wildman–Crippen LogP) is 2.13. The van der Waals surface area contributed by atoms with Crippen LogP contribution in [0.1, 0.15) is 17.3 Å². The molecule has 0 atom stereocenters. The number of carbonyl (C=O) groups excluding carboxylic acids is 1. The van der Waals surface area contributed by atoms with Gasteiger partial charge in [-0.1, -0.05) is 11.6 Å². The second kappa shape index (κ2) is 4.86. The molecule has 2 N–H and O–H groups in total. The van der Waals surface area contributed by atoms with E-state index in [0.717, 1.165) is 5.69 Å². The van der Waals surface area contributed by atoms with E-state index in [1.54, 1.807) is 19.2 Å². The van der Waals surface area contributed by atoms with E-state index in [-0.39, 0.29) is 5.91 Å². The molecule has 0 aromatic heterocycles. The summed E-state index contributed by atoms with van der Waals surface area (Å²) < 4.78 is 0. The summed E-state index contributed by atoms with van der Waals surface area (Å²) in [4.78, 5) is 11.4. The lowest BCUT2D eigenvalue weighted by molar-refractivity contribution is 0.0956. The smallest absolute Gasteiger partial charge is 0.252 e. The van der Waals surface area contributed by atoms with Gasteiger partial charge in [0.05, 0.1) is 10.6 Å². The number of nitrogens with one attached hydrogen (secondary N) is 2. The molecular weight excluding hydrogens is 200 g/mol. The Labute approximate surface area is 88.5 Å². The van der Waals surface area contributed by atoms with Gasteiger partial charge in [0.15, 0.2) is 0 Å². The normalized spacial score (nSPS) is 9.64. The lowest BCUT2D eigenvalue weighted by Crippen LogP contribution is -2.22. The Bertz CT molecular complexity index is 339. The fraction of sp³-hybridized carbons (Fsp3) is 0.300. The molecule has 1 aromatic carbocycles. The van der Waals surface area contributed by atoms with E-state index in [0.29, 0.717) is 17.1 Å². The number of anilines is 1. The Hall–Kier alpha value is -1.22. The lowest BCUT2D eigenvalue weighted by Gasteiger charge is -2.06. The van der Waals surface area contributed by atoms with E-state index in [2.05, 4.69) is 10.6 Å². The predicted molar refractivity (Wildman–Crippen MR) is 59.0 cm³/mol. The Morgan fingerprint density at radius 2 is 2.21 bits per heavy atom. The topological polar surface area (TPSA) is 41.1 Å². The fourth-order valence-electron chi connectivity index (χ4n) is 1.11.